The number of carbonyl (C=O) groups excluding carboxylic acids is 4. The minimum absolute atomic E-state index is 0.00678. The molecule has 2 aliphatic rings. The predicted octanol–water partition coefficient (Wildman–Crippen LogP) is 2.74. The molecule has 11 nitrogen and oxygen atoms in total. The Hall–Kier alpha value is -4.41. The first-order valence-electron chi connectivity index (χ1n) is 11.2. The fourth-order valence-corrected chi connectivity index (χ4v) is 4.23. The number of nitrogens with one attached hydrogen (secondary N) is 1. The van der Waals surface area contributed by atoms with Crippen molar-refractivity contribution in [1.29, 1.82) is 0 Å². The molecule has 2 aromatic heterocycles. The Labute approximate surface area is 205 Å². The van der Waals surface area contributed by atoms with E-state index in [0.29, 0.717) is 28.0 Å². The van der Waals surface area contributed by atoms with Crippen molar-refractivity contribution >= 4 is 34.9 Å². The number of rotatable bonds is 5. The summed E-state index contributed by atoms with van der Waals surface area (Å²) in [4.78, 5) is 59.2. The summed E-state index contributed by atoms with van der Waals surface area (Å²) in [5, 5.41) is 2.64. The van der Waals surface area contributed by atoms with Crippen molar-refractivity contribution in [3.8, 4) is 5.75 Å². The topological polar surface area (TPSA) is 131 Å². The molecule has 2 aliphatic heterocycles. The summed E-state index contributed by atoms with van der Waals surface area (Å²) in [5.41, 5.74) is -1.06. The number of nitrogens with zero attached hydrogens (tertiary/aromatic N) is 3. The summed E-state index contributed by atoms with van der Waals surface area (Å²) < 4.78 is 16.4. The number of esters is 1. The lowest BCUT2D eigenvalue weighted by molar-refractivity contribution is -0.159. The van der Waals surface area contributed by atoms with E-state index in [-0.39, 0.29) is 12.3 Å². The van der Waals surface area contributed by atoms with Gasteiger partial charge in [0.1, 0.15) is 11.3 Å². The van der Waals surface area contributed by atoms with Crippen molar-refractivity contribution in [2.45, 2.75) is 33.0 Å². The SMILES string of the molecule is COc1ccc2c(c1)C(=O)N(C1(c3cc4ncccc4o3)NC(=O)N(COC(=O)C(C)(C)C)C1=O)C2. The van der Waals surface area contributed by atoms with Crippen LogP contribution < -0.4 is 10.1 Å². The van der Waals surface area contributed by atoms with Crippen molar-refractivity contribution in [2.24, 2.45) is 5.41 Å². The fraction of sp³-hybridized carbons (Fsp3) is 0.320. The molecule has 0 spiro atoms. The normalized spacial score (nSPS) is 19.6. The van der Waals surface area contributed by atoms with Crippen LogP contribution in [0.15, 0.2) is 47.0 Å². The molecular weight excluding hydrogens is 468 g/mol. The van der Waals surface area contributed by atoms with E-state index in [0.717, 1.165) is 4.90 Å². The molecule has 1 atom stereocenters. The van der Waals surface area contributed by atoms with Crippen LogP contribution in [0.4, 0.5) is 4.79 Å². The molecule has 0 bridgehead atoms. The smallest absolute Gasteiger partial charge is 0.329 e. The second-order valence-electron chi connectivity index (χ2n) is 9.60. The molecule has 36 heavy (non-hydrogen) atoms. The maximum absolute atomic E-state index is 13.9. The Balaban J connectivity index is 1.59. The number of fused-ring (bicyclic) bond motifs is 2. The zero-order valence-electron chi connectivity index (χ0n) is 20.2. The zero-order valence-corrected chi connectivity index (χ0v) is 20.2. The van der Waals surface area contributed by atoms with E-state index in [1.807, 2.05) is 0 Å². The summed E-state index contributed by atoms with van der Waals surface area (Å²) in [6.07, 6.45) is 1.56. The number of pyridine rings is 1. The average molecular weight is 492 g/mol. The highest BCUT2D eigenvalue weighted by Gasteiger charge is 2.62. The average Bonchev–Trinajstić information content (AvgIpc) is 3.49. The fourth-order valence-electron chi connectivity index (χ4n) is 4.23. The predicted molar refractivity (Wildman–Crippen MR) is 124 cm³/mol. The first-order chi connectivity index (χ1) is 17.1. The van der Waals surface area contributed by atoms with Gasteiger partial charge in [-0.3, -0.25) is 29.6 Å². The molecule has 1 saturated heterocycles. The van der Waals surface area contributed by atoms with Gasteiger partial charge in [0, 0.05) is 17.8 Å². The van der Waals surface area contributed by atoms with Crippen LogP contribution in [0.1, 0.15) is 42.5 Å². The van der Waals surface area contributed by atoms with E-state index >= 15 is 0 Å². The Morgan fingerprint density at radius 2 is 1.97 bits per heavy atom. The standard InChI is InChI=1S/C25H24N4O7/c1-24(2,3)22(32)35-13-28-21(31)25(27-23(28)33,19-11-17-18(36-19)6-5-9-26-17)29-12-14-7-8-15(34-4)10-16(14)20(29)30/h5-11H,12-13H2,1-4H3,(H,27,33). The zero-order chi connectivity index (χ0) is 25.8. The molecular formula is C25H24N4O7. The summed E-state index contributed by atoms with van der Waals surface area (Å²) in [6.45, 7) is 4.36. The first kappa shape index (κ1) is 23.3. The molecule has 1 unspecified atom stereocenters. The quantitative estimate of drug-likeness (QED) is 0.425. The van der Waals surface area contributed by atoms with Crippen molar-refractivity contribution in [3.63, 3.8) is 0 Å². The summed E-state index contributed by atoms with van der Waals surface area (Å²) in [5.74, 6) is -1.43. The second kappa shape index (κ2) is 8.08. The van der Waals surface area contributed by atoms with Crippen LogP contribution in [0, 0.1) is 5.41 Å². The van der Waals surface area contributed by atoms with E-state index in [9.17, 15) is 19.2 Å². The van der Waals surface area contributed by atoms with Crippen LogP contribution in [0.3, 0.4) is 0 Å². The third-order valence-corrected chi connectivity index (χ3v) is 6.19. The molecule has 11 heteroatoms. The summed E-state index contributed by atoms with van der Waals surface area (Å²) in [6, 6.07) is 9.01. The molecule has 1 N–H and O–H groups in total. The lowest BCUT2D eigenvalue weighted by atomic mass is 9.97. The molecule has 0 aliphatic carbocycles. The van der Waals surface area contributed by atoms with Gasteiger partial charge in [0.15, 0.2) is 18.1 Å². The number of hydrogen-bond acceptors (Lipinski definition) is 8. The van der Waals surface area contributed by atoms with E-state index in [4.69, 9.17) is 13.9 Å². The number of methoxy groups -OCH3 is 1. The van der Waals surface area contributed by atoms with Crippen molar-refractivity contribution in [3.05, 3.63) is 59.5 Å². The minimum Gasteiger partial charge on any atom is -0.497 e. The van der Waals surface area contributed by atoms with Gasteiger partial charge in [0.05, 0.1) is 19.1 Å². The molecule has 3 aromatic rings. The van der Waals surface area contributed by atoms with Crippen LogP contribution in [-0.4, -0.2) is 52.4 Å². The molecule has 186 valence electrons. The van der Waals surface area contributed by atoms with Crippen molar-refractivity contribution in [2.75, 3.05) is 13.8 Å². The highest BCUT2D eigenvalue weighted by molar-refractivity contribution is 6.11. The van der Waals surface area contributed by atoms with Crippen LogP contribution in [0.25, 0.3) is 11.1 Å². The monoisotopic (exact) mass is 492 g/mol. The van der Waals surface area contributed by atoms with Gasteiger partial charge in [0.25, 0.3) is 17.5 Å². The number of benzene rings is 1. The number of ether oxygens (including phenoxy) is 2. The number of amides is 4. The molecule has 0 saturated carbocycles. The van der Waals surface area contributed by atoms with Crippen LogP contribution >= 0.6 is 0 Å². The highest BCUT2D eigenvalue weighted by Crippen LogP contribution is 2.41. The number of hydrogen-bond donors (Lipinski definition) is 1. The van der Waals surface area contributed by atoms with Crippen molar-refractivity contribution in [1.82, 2.24) is 20.1 Å². The third-order valence-electron chi connectivity index (χ3n) is 6.19. The van der Waals surface area contributed by atoms with Crippen LogP contribution in [-0.2, 0) is 26.5 Å². The number of carbonyl (C=O) groups is 4. The Morgan fingerprint density at radius 3 is 2.67 bits per heavy atom. The summed E-state index contributed by atoms with van der Waals surface area (Å²) >= 11 is 0. The molecule has 5 rings (SSSR count). The largest absolute Gasteiger partial charge is 0.497 e. The molecule has 1 fully saturated rings. The maximum Gasteiger partial charge on any atom is 0.329 e. The third kappa shape index (κ3) is 3.46. The number of furan rings is 1. The Kier molecular flexibility index (Phi) is 5.24. The lowest BCUT2D eigenvalue weighted by Crippen LogP contribution is -2.58. The molecule has 4 heterocycles. The maximum atomic E-state index is 13.9. The van der Waals surface area contributed by atoms with Gasteiger partial charge in [0.2, 0.25) is 0 Å². The van der Waals surface area contributed by atoms with Gasteiger partial charge < -0.3 is 13.9 Å². The minimum atomic E-state index is -2.02. The van der Waals surface area contributed by atoms with Gasteiger partial charge in [-0.1, -0.05) is 6.07 Å². The highest BCUT2D eigenvalue weighted by atomic mass is 16.5. The van der Waals surface area contributed by atoms with Crippen LogP contribution in [0.5, 0.6) is 5.75 Å². The van der Waals surface area contributed by atoms with Gasteiger partial charge in [-0.15, -0.1) is 0 Å². The van der Waals surface area contributed by atoms with E-state index < -0.39 is 41.6 Å². The first-order valence-corrected chi connectivity index (χ1v) is 11.2. The van der Waals surface area contributed by atoms with Gasteiger partial charge in [-0.2, -0.15) is 0 Å². The van der Waals surface area contributed by atoms with Crippen molar-refractivity contribution < 1.29 is 33.1 Å². The number of urea groups is 1. The van der Waals surface area contributed by atoms with Crippen LogP contribution in [0.2, 0.25) is 0 Å². The summed E-state index contributed by atoms with van der Waals surface area (Å²) in [7, 11) is 1.49. The van der Waals surface area contributed by atoms with E-state index in [2.05, 4.69) is 10.3 Å². The second-order valence-corrected chi connectivity index (χ2v) is 9.60. The Morgan fingerprint density at radius 1 is 1.19 bits per heavy atom. The molecule has 0 radical (unpaired) electrons. The van der Waals surface area contributed by atoms with E-state index in [1.54, 1.807) is 57.3 Å². The van der Waals surface area contributed by atoms with E-state index in [1.165, 1.54) is 18.1 Å². The number of imide groups is 1. The van der Waals surface area contributed by atoms with Gasteiger partial charge >= 0.3 is 12.0 Å². The Bertz CT molecular complexity index is 1390. The van der Waals surface area contributed by atoms with Gasteiger partial charge in [-0.05, 0) is 50.6 Å². The van der Waals surface area contributed by atoms with Gasteiger partial charge in [-0.25, -0.2) is 9.69 Å². The lowest BCUT2D eigenvalue weighted by Gasteiger charge is -2.34. The molecule has 4 amide bonds. The molecule has 1 aromatic carbocycles. The number of aromatic nitrogens is 1.